The van der Waals surface area contributed by atoms with Crippen molar-refractivity contribution in [2.75, 3.05) is 32.7 Å². The van der Waals surface area contributed by atoms with Gasteiger partial charge < -0.3 is 10.0 Å². The number of piperazine rings is 1. The monoisotopic (exact) mass is 444 g/mol. The van der Waals surface area contributed by atoms with E-state index in [0.29, 0.717) is 43.2 Å². The molecule has 8 nitrogen and oxygen atoms in total. The van der Waals surface area contributed by atoms with Crippen LogP contribution < -0.4 is 15.4 Å². The Kier molecular flexibility index (Phi) is 7.42. The first kappa shape index (κ1) is 22.9. The van der Waals surface area contributed by atoms with Crippen LogP contribution in [-0.2, 0) is 14.8 Å². The van der Waals surface area contributed by atoms with Crippen molar-refractivity contribution in [3.8, 4) is 5.75 Å². The largest absolute Gasteiger partial charge is 0.872 e. The average Bonchev–Trinajstić information content (AvgIpc) is 2.76. The number of nitrogens with one attached hydrogen (secondary N) is 2. The molecule has 3 rings (SSSR count). The zero-order valence-electron chi connectivity index (χ0n) is 17.8. The Morgan fingerprint density at radius 3 is 2.29 bits per heavy atom. The number of hydrogen-bond acceptors (Lipinski definition) is 5. The van der Waals surface area contributed by atoms with Crippen molar-refractivity contribution in [2.45, 2.75) is 25.2 Å². The van der Waals surface area contributed by atoms with E-state index in [4.69, 9.17) is 0 Å². The van der Waals surface area contributed by atoms with Gasteiger partial charge in [0.2, 0.25) is 10.0 Å². The number of hydrogen-bond donors (Lipinski definition) is 2. The van der Waals surface area contributed by atoms with Gasteiger partial charge in [0.15, 0.2) is 6.54 Å². The van der Waals surface area contributed by atoms with Crippen molar-refractivity contribution in [3.05, 3.63) is 59.7 Å². The van der Waals surface area contributed by atoms with Crippen LogP contribution in [0, 0.1) is 6.92 Å². The number of sulfonamides is 1. The summed E-state index contributed by atoms with van der Waals surface area (Å²) < 4.78 is 27.1. The van der Waals surface area contributed by atoms with E-state index in [0.717, 1.165) is 16.0 Å². The summed E-state index contributed by atoms with van der Waals surface area (Å²) in [6.45, 7) is 5.89. The Balaban J connectivity index is 1.52. The fourth-order valence-corrected chi connectivity index (χ4v) is 4.91. The number of aryl methyl sites for hydroxylation is 1. The van der Waals surface area contributed by atoms with Gasteiger partial charge in [0, 0.05) is 0 Å². The molecule has 2 N–H and O–H groups in total. The van der Waals surface area contributed by atoms with Gasteiger partial charge >= 0.3 is 0 Å². The first-order chi connectivity index (χ1) is 14.8. The first-order valence-corrected chi connectivity index (χ1v) is 11.8. The molecule has 0 atom stereocenters. The predicted molar refractivity (Wildman–Crippen MR) is 116 cm³/mol. The number of carbonyl (C=O) groups excluding carboxylic acids is 1. The van der Waals surface area contributed by atoms with Crippen molar-refractivity contribution < 1.29 is 23.2 Å². The van der Waals surface area contributed by atoms with Crippen LogP contribution in [-0.4, -0.2) is 57.1 Å². The van der Waals surface area contributed by atoms with E-state index in [1.807, 2.05) is 13.8 Å². The average molecular weight is 445 g/mol. The Morgan fingerprint density at radius 2 is 1.71 bits per heavy atom. The van der Waals surface area contributed by atoms with Crippen molar-refractivity contribution in [1.82, 2.24) is 9.73 Å². The number of quaternary nitrogens is 1. The summed E-state index contributed by atoms with van der Waals surface area (Å²) in [4.78, 5) is 13.6. The van der Waals surface area contributed by atoms with Crippen molar-refractivity contribution in [1.29, 1.82) is 0 Å². The minimum absolute atomic E-state index is 0.0737. The number of carbonyl (C=O) groups is 1. The van der Waals surface area contributed by atoms with E-state index in [1.54, 1.807) is 36.4 Å². The van der Waals surface area contributed by atoms with Gasteiger partial charge in [-0.25, -0.2) is 13.8 Å². The van der Waals surface area contributed by atoms with Crippen LogP contribution in [0.2, 0.25) is 0 Å². The summed E-state index contributed by atoms with van der Waals surface area (Å²) in [6, 6.07) is 13.2. The molecule has 2 aromatic rings. The summed E-state index contributed by atoms with van der Waals surface area (Å²) in [6.07, 6.45) is 0.612. The number of amides is 1. The van der Waals surface area contributed by atoms with Crippen molar-refractivity contribution in [3.63, 3.8) is 0 Å². The normalized spacial score (nSPS) is 16.3. The molecular formula is C22H28N4O4S. The van der Waals surface area contributed by atoms with Gasteiger partial charge in [-0.3, -0.25) is 4.79 Å². The molecule has 1 saturated heterocycles. The Labute approximate surface area is 183 Å². The summed E-state index contributed by atoms with van der Waals surface area (Å²) in [7, 11) is -3.51. The SMILES string of the molecule is CCC(=NNC(=O)C[NH+]1CCN(S(=O)(=O)c2ccc(C)cc2)CC1)c1ccc([O-])cc1. The van der Waals surface area contributed by atoms with Gasteiger partial charge in [-0.2, -0.15) is 9.41 Å². The van der Waals surface area contributed by atoms with Gasteiger partial charge in [0.05, 0.1) is 36.8 Å². The Morgan fingerprint density at radius 1 is 1.10 bits per heavy atom. The van der Waals surface area contributed by atoms with Crippen LogP contribution in [0.25, 0.3) is 0 Å². The highest BCUT2D eigenvalue weighted by molar-refractivity contribution is 7.89. The van der Waals surface area contributed by atoms with E-state index in [1.165, 1.54) is 16.4 Å². The van der Waals surface area contributed by atoms with E-state index >= 15 is 0 Å². The third-order valence-corrected chi connectivity index (χ3v) is 7.25. The molecule has 0 unspecified atom stereocenters. The maximum Gasteiger partial charge on any atom is 0.295 e. The molecule has 0 spiro atoms. The number of hydrazone groups is 1. The maximum atomic E-state index is 12.8. The second kappa shape index (κ2) is 10.0. The summed E-state index contributed by atoms with van der Waals surface area (Å²) in [5.74, 6) is -0.299. The zero-order valence-corrected chi connectivity index (χ0v) is 18.6. The van der Waals surface area contributed by atoms with Gasteiger partial charge in [-0.1, -0.05) is 48.9 Å². The molecule has 1 aliphatic rings. The second-order valence-corrected chi connectivity index (χ2v) is 9.55. The van der Waals surface area contributed by atoms with Gasteiger partial charge in [-0.05, 0) is 31.0 Å². The van der Waals surface area contributed by atoms with Gasteiger partial charge in [-0.15, -0.1) is 5.75 Å². The number of nitrogens with zero attached hydrogens (tertiary/aromatic N) is 2. The fraction of sp³-hybridized carbons (Fsp3) is 0.364. The molecule has 0 radical (unpaired) electrons. The zero-order chi connectivity index (χ0) is 22.4. The molecule has 1 amide bonds. The Bertz CT molecular complexity index is 1030. The highest BCUT2D eigenvalue weighted by atomic mass is 32.2. The van der Waals surface area contributed by atoms with Crippen LogP contribution in [0.1, 0.15) is 24.5 Å². The molecule has 0 aliphatic carbocycles. The van der Waals surface area contributed by atoms with Gasteiger partial charge in [0.1, 0.15) is 0 Å². The van der Waals surface area contributed by atoms with Crippen LogP contribution in [0.5, 0.6) is 5.75 Å². The fourth-order valence-electron chi connectivity index (χ4n) is 3.47. The number of benzene rings is 2. The predicted octanol–water partition coefficient (Wildman–Crippen LogP) is -0.112. The van der Waals surface area contributed by atoms with E-state index in [-0.39, 0.29) is 18.2 Å². The van der Waals surface area contributed by atoms with Crippen molar-refractivity contribution >= 4 is 21.6 Å². The first-order valence-electron chi connectivity index (χ1n) is 10.3. The molecule has 166 valence electrons. The third kappa shape index (κ3) is 5.90. The van der Waals surface area contributed by atoms with Crippen molar-refractivity contribution in [2.24, 2.45) is 5.10 Å². The minimum Gasteiger partial charge on any atom is -0.872 e. The number of rotatable bonds is 7. The summed E-state index contributed by atoms with van der Waals surface area (Å²) >= 11 is 0. The van der Waals surface area contributed by atoms with Gasteiger partial charge in [0.25, 0.3) is 5.91 Å². The molecule has 1 fully saturated rings. The highest BCUT2D eigenvalue weighted by Crippen LogP contribution is 2.16. The second-order valence-electron chi connectivity index (χ2n) is 7.62. The lowest BCUT2D eigenvalue weighted by Crippen LogP contribution is -3.15. The molecule has 1 heterocycles. The molecular weight excluding hydrogens is 416 g/mol. The minimum atomic E-state index is -3.51. The van der Waals surface area contributed by atoms with E-state index in [2.05, 4.69) is 10.5 Å². The quantitative estimate of drug-likeness (QED) is 0.459. The lowest BCUT2D eigenvalue weighted by Gasteiger charge is -2.31. The highest BCUT2D eigenvalue weighted by Gasteiger charge is 2.31. The van der Waals surface area contributed by atoms with Crippen LogP contribution in [0.15, 0.2) is 58.5 Å². The molecule has 2 aromatic carbocycles. The van der Waals surface area contributed by atoms with Crippen LogP contribution >= 0.6 is 0 Å². The van der Waals surface area contributed by atoms with Crippen LogP contribution in [0.3, 0.4) is 0 Å². The third-order valence-electron chi connectivity index (χ3n) is 5.34. The molecule has 0 aromatic heterocycles. The molecule has 31 heavy (non-hydrogen) atoms. The summed E-state index contributed by atoms with van der Waals surface area (Å²) in [5.41, 5.74) is 5.08. The lowest BCUT2D eigenvalue weighted by atomic mass is 10.1. The standard InChI is InChI=1S/C22H28N4O4S/c1-3-21(18-6-8-19(27)9-7-18)23-24-22(28)16-25-12-14-26(15-13-25)31(29,30)20-10-4-17(2)5-11-20/h4-11,27H,3,12-16H2,1-2H3,(H,24,28). The van der Waals surface area contributed by atoms with Crippen LogP contribution in [0.4, 0.5) is 0 Å². The molecule has 0 saturated carbocycles. The molecule has 0 bridgehead atoms. The smallest absolute Gasteiger partial charge is 0.295 e. The van der Waals surface area contributed by atoms with E-state index in [9.17, 15) is 18.3 Å². The maximum absolute atomic E-state index is 12.8. The topological polar surface area (TPSA) is 106 Å². The molecule has 1 aliphatic heterocycles. The summed E-state index contributed by atoms with van der Waals surface area (Å²) in [5, 5.41) is 15.4. The Hall–Kier alpha value is -2.75. The van der Waals surface area contributed by atoms with E-state index < -0.39 is 10.0 Å². The lowest BCUT2D eigenvalue weighted by molar-refractivity contribution is -0.895. The molecule has 9 heteroatoms.